The van der Waals surface area contributed by atoms with Crippen molar-refractivity contribution in [1.82, 2.24) is 4.98 Å². The van der Waals surface area contributed by atoms with Crippen LogP contribution in [0.15, 0.2) is 22.7 Å². The third-order valence-corrected chi connectivity index (χ3v) is 4.91. The lowest BCUT2D eigenvalue weighted by Crippen LogP contribution is -2.14. The fraction of sp³-hybridized carbons (Fsp3) is 0.231. The van der Waals surface area contributed by atoms with Crippen molar-refractivity contribution < 1.29 is 4.79 Å². The van der Waals surface area contributed by atoms with Gasteiger partial charge >= 0.3 is 0 Å². The minimum Gasteiger partial charge on any atom is -0.341 e. The molecule has 2 N–H and O–H groups in total. The summed E-state index contributed by atoms with van der Waals surface area (Å²) in [4.78, 5) is 16.0. The third-order valence-electron chi connectivity index (χ3n) is 2.69. The van der Waals surface area contributed by atoms with Crippen molar-refractivity contribution >= 4 is 51.1 Å². The molecule has 2 rings (SSSR count). The Morgan fingerprint density at radius 1 is 1.47 bits per heavy atom. The van der Waals surface area contributed by atoms with Crippen molar-refractivity contribution in [1.29, 1.82) is 0 Å². The van der Waals surface area contributed by atoms with E-state index in [9.17, 15) is 4.79 Å². The first-order valence-electron chi connectivity index (χ1n) is 5.70. The van der Waals surface area contributed by atoms with Gasteiger partial charge in [-0.3, -0.25) is 4.79 Å². The summed E-state index contributed by atoms with van der Waals surface area (Å²) in [5, 5.41) is 2.89. The van der Waals surface area contributed by atoms with Gasteiger partial charge in [-0.05, 0) is 49.8 Å². The van der Waals surface area contributed by atoms with Gasteiger partial charge in [0.05, 0.1) is 6.42 Å². The summed E-state index contributed by atoms with van der Waals surface area (Å²) < 4.78 is 1.74. The predicted octanol–water partition coefficient (Wildman–Crippen LogP) is 4.37. The summed E-state index contributed by atoms with van der Waals surface area (Å²) in [6, 6.07) is 5.74. The fourth-order valence-corrected chi connectivity index (χ4v) is 3.22. The maximum absolute atomic E-state index is 12.0. The first-order valence-corrected chi connectivity index (χ1v) is 7.72. The van der Waals surface area contributed by atoms with E-state index in [4.69, 9.17) is 12.2 Å². The fourth-order valence-electron chi connectivity index (χ4n) is 1.68. The maximum atomic E-state index is 12.0. The van der Waals surface area contributed by atoms with Crippen molar-refractivity contribution in [2.24, 2.45) is 0 Å². The number of aryl methyl sites for hydroxylation is 2. The molecule has 1 aromatic heterocycles. The minimum atomic E-state index is -0.0323. The van der Waals surface area contributed by atoms with Crippen LogP contribution >= 0.6 is 39.5 Å². The number of aromatic nitrogens is 1. The van der Waals surface area contributed by atoms with Gasteiger partial charge in [0, 0.05) is 20.7 Å². The van der Waals surface area contributed by atoms with E-state index in [0.29, 0.717) is 10.4 Å². The molecule has 0 aliphatic heterocycles. The number of hydrogen-bond donors (Lipinski definition) is 2. The number of aromatic amines is 1. The number of thiazole rings is 1. The number of benzene rings is 1. The van der Waals surface area contributed by atoms with E-state index in [2.05, 4.69) is 26.2 Å². The quantitative estimate of drug-likeness (QED) is 0.802. The van der Waals surface area contributed by atoms with Crippen molar-refractivity contribution in [2.45, 2.75) is 20.3 Å². The smallest absolute Gasteiger partial charge is 0.229 e. The summed E-state index contributed by atoms with van der Waals surface area (Å²) in [7, 11) is 0. The van der Waals surface area contributed by atoms with Crippen LogP contribution in [0, 0.1) is 17.8 Å². The van der Waals surface area contributed by atoms with Gasteiger partial charge in [0.15, 0.2) is 3.95 Å². The van der Waals surface area contributed by atoms with Crippen LogP contribution in [0.3, 0.4) is 0 Å². The molecule has 0 aliphatic rings. The lowest BCUT2D eigenvalue weighted by molar-refractivity contribution is -0.115. The van der Waals surface area contributed by atoms with E-state index in [1.165, 1.54) is 11.3 Å². The number of anilines is 1. The SMILES string of the molecule is Cc1cc(NC(=O)Cc2sc(=S)[nH]c2C)ccc1Br. The van der Waals surface area contributed by atoms with Gasteiger partial charge < -0.3 is 10.3 Å². The van der Waals surface area contributed by atoms with Crippen LogP contribution in [0.1, 0.15) is 16.1 Å². The van der Waals surface area contributed by atoms with E-state index < -0.39 is 0 Å². The van der Waals surface area contributed by atoms with Crippen molar-refractivity contribution in [3.05, 3.63) is 42.8 Å². The van der Waals surface area contributed by atoms with Crippen LogP contribution in [-0.4, -0.2) is 10.9 Å². The topological polar surface area (TPSA) is 44.9 Å². The molecule has 3 nitrogen and oxygen atoms in total. The summed E-state index contributed by atoms with van der Waals surface area (Å²) in [5.41, 5.74) is 2.87. The lowest BCUT2D eigenvalue weighted by Gasteiger charge is -2.06. The normalized spacial score (nSPS) is 10.5. The predicted molar refractivity (Wildman–Crippen MR) is 85.5 cm³/mol. The standard InChI is InChI=1S/C13H13BrN2OS2/c1-7-5-9(3-4-10(7)14)16-12(17)6-11-8(2)15-13(18)19-11/h3-5H,6H2,1-2H3,(H,15,18)(H,16,17). The zero-order valence-electron chi connectivity index (χ0n) is 10.5. The molecule has 0 unspecified atom stereocenters. The Morgan fingerprint density at radius 2 is 2.21 bits per heavy atom. The highest BCUT2D eigenvalue weighted by molar-refractivity contribution is 9.10. The molecule has 1 amide bonds. The number of H-pyrrole nitrogens is 1. The largest absolute Gasteiger partial charge is 0.341 e. The zero-order chi connectivity index (χ0) is 14.0. The monoisotopic (exact) mass is 356 g/mol. The van der Waals surface area contributed by atoms with Gasteiger partial charge in [-0.25, -0.2) is 0 Å². The van der Waals surface area contributed by atoms with E-state index in [1.807, 2.05) is 32.0 Å². The zero-order valence-corrected chi connectivity index (χ0v) is 13.8. The van der Waals surface area contributed by atoms with E-state index >= 15 is 0 Å². The summed E-state index contributed by atoms with van der Waals surface area (Å²) in [5.74, 6) is -0.0323. The highest BCUT2D eigenvalue weighted by Crippen LogP contribution is 2.21. The summed E-state index contributed by atoms with van der Waals surface area (Å²) in [6.45, 7) is 3.92. The number of nitrogens with one attached hydrogen (secondary N) is 2. The van der Waals surface area contributed by atoms with Gasteiger partial charge in [0.1, 0.15) is 0 Å². The number of carbonyl (C=O) groups is 1. The second kappa shape index (κ2) is 5.98. The Bertz CT molecular complexity index is 676. The molecule has 0 saturated heterocycles. The van der Waals surface area contributed by atoms with Crippen LogP contribution in [0.5, 0.6) is 0 Å². The second-order valence-electron chi connectivity index (χ2n) is 4.25. The molecule has 0 saturated carbocycles. The van der Waals surface area contributed by atoms with E-state index in [1.54, 1.807) is 0 Å². The summed E-state index contributed by atoms with van der Waals surface area (Å²) >= 11 is 9.95. The molecule has 19 heavy (non-hydrogen) atoms. The molecule has 6 heteroatoms. The number of rotatable bonds is 3. The van der Waals surface area contributed by atoms with Gasteiger partial charge in [-0.15, -0.1) is 11.3 Å². The highest BCUT2D eigenvalue weighted by atomic mass is 79.9. The van der Waals surface area contributed by atoms with Crippen LogP contribution in [-0.2, 0) is 11.2 Å². The molecule has 100 valence electrons. The van der Waals surface area contributed by atoms with E-state index in [-0.39, 0.29) is 5.91 Å². The minimum absolute atomic E-state index is 0.0323. The van der Waals surface area contributed by atoms with Gasteiger partial charge in [0.2, 0.25) is 5.91 Å². The van der Waals surface area contributed by atoms with Gasteiger partial charge in [-0.2, -0.15) is 0 Å². The molecule has 0 bridgehead atoms. The molecule has 1 heterocycles. The second-order valence-corrected chi connectivity index (χ2v) is 6.88. The Labute approximate surface area is 129 Å². The molecular weight excluding hydrogens is 344 g/mol. The van der Waals surface area contributed by atoms with Crippen LogP contribution < -0.4 is 5.32 Å². The molecule has 0 atom stereocenters. The number of amides is 1. The maximum Gasteiger partial charge on any atom is 0.229 e. The average molecular weight is 357 g/mol. The average Bonchev–Trinajstić information content (AvgIpc) is 2.62. The number of carbonyl (C=O) groups excluding carboxylic acids is 1. The van der Waals surface area contributed by atoms with Gasteiger partial charge in [0.25, 0.3) is 0 Å². The highest BCUT2D eigenvalue weighted by Gasteiger charge is 2.09. The van der Waals surface area contributed by atoms with E-state index in [0.717, 1.165) is 26.3 Å². The van der Waals surface area contributed by atoms with Crippen LogP contribution in [0.2, 0.25) is 0 Å². The molecule has 0 aliphatic carbocycles. The van der Waals surface area contributed by atoms with Crippen LogP contribution in [0.25, 0.3) is 0 Å². The Balaban J connectivity index is 2.07. The summed E-state index contributed by atoms with van der Waals surface area (Å²) in [6.07, 6.45) is 0.346. The molecule has 1 aromatic carbocycles. The molecule has 2 aromatic rings. The van der Waals surface area contributed by atoms with Gasteiger partial charge in [-0.1, -0.05) is 15.9 Å². The lowest BCUT2D eigenvalue weighted by atomic mass is 10.2. The molecule has 0 spiro atoms. The Kier molecular flexibility index (Phi) is 4.54. The number of halogens is 1. The first kappa shape index (κ1) is 14.4. The first-order chi connectivity index (χ1) is 8.95. The Hall–Kier alpha value is -0.980. The van der Waals surface area contributed by atoms with Crippen molar-refractivity contribution in [3.63, 3.8) is 0 Å². The molecular formula is C13H13BrN2OS2. The third kappa shape index (κ3) is 3.75. The molecule has 0 fully saturated rings. The molecule has 0 radical (unpaired) electrons. The van der Waals surface area contributed by atoms with Crippen molar-refractivity contribution in [2.75, 3.05) is 5.32 Å². The Morgan fingerprint density at radius 3 is 2.79 bits per heavy atom. The van der Waals surface area contributed by atoms with Crippen LogP contribution in [0.4, 0.5) is 5.69 Å². The van der Waals surface area contributed by atoms with Crippen molar-refractivity contribution in [3.8, 4) is 0 Å². The number of hydrogen-bond acceptors (Lipinski definition) is 3.